The zero-order valence-corrected chi connectivity index (χ0v) is 13.4. The summed E-state index contributed by atoms with van der Waals surface area (Å²) in [6.45, 7) is 12.5. The van der Waals surface area contributed by atoms with Crippen molar-refractivity contribution in [2.75, 3.05) is 13.7 Å². The maximum atomic E-state index is 11.5. The number of alkyl carbamates (subject to hydrolysis) is 1. The molecular weight excluding hydrogens is 244 g/mol. The van der Waals surface area contributed by atoms with Gasteiger partial charge in [0.25, 0.3) is 0 Å². The third kappa shape index (κ3) is 9.73. The fourth-order valence-corrected chi connectivity index (χ4v) is 1.48. The summed E-state index contributed by atoms with van der Waals surface area (Å²) in [7, 11) is 1.70. The number of hydrogen-bond acceptors (Lipinski definition) is 4. The highest BCUT2D eigenvalue weighted by molar-refractivity contribution is 5.67. The Morgan fingerprint density at radius 2 is 1.79 bits per heavy atom. The van der Waals surface area contributed by atoms with E-state index in [0.29, 0.717) is 6.04 Å². The predicted molar refractivity (Wildman–Crippen MR) is 77.4 cm³/mol. The first-order chi connectivity index (χ1) is 8.65. The number of methoxy groups -OCH3 is 1. The second-order valence-electron chi connectivity index (χ2n) is 6.02. The Kier molecular flexibility index (Phi) is 8.02. The highest BCUT2D eigenvalue weighted by Gasteiger charge is 2.17. The van der Waals surface area contributed by atoms with E-state index in [4.69, 9.17) is 9.47 Å². The van der Waals surface area contributed by atoms with Gasteiger partial charge in [-0.05, 0) is 54.5 Å². The Morgan fingerprint density at radius 3 is 2.26 bits per heavy atom. The maximum Gasteiger partial charge on any atom is 0.407 e. The second kappa shape index (κ2) is 8.38. The molecule has 1 amide bonds. The van der Waals surface area contributed by atoms with Gasteiger partial charge in [-0.15, -0.1) is 0 Å². The van der Waals surface area contributed by atoms with E-state index >= 15 is 0 Å². The Labute approximate surface area is 117 Å². The van der Waals surface area contributed by atoms with Crippen LogP contribution >= 0.6 is 0 Å². The minimum atomic E-state index is -0.454. The molecule has 0 bridgehead atoms. The van der Waals surface area contributed by atoms with Gasteiger partial charge in [-0.2, -0.15) is 0 Å². The molecule has 3 atom stereocenters. The lowest BCUT2D eigenvalue weighted by Gasteiger charge is -2.23. The van der Waals surface area contributed by atoms with E-state index in [2.05, 4.69) is 17.6 Å². The SMILES string of the molecule is COC(C)C(C)NCCC(C)NC(=O)OC(C)(C)C. The fourth-order valence-electron chi connectivity index (χ4n) is 1.48. The van der Waals surface area contributed by atoms with E-state index in [0.717, 1.165) is 13.0 Å². The van der Waals surface area contributed by atoms with Gasteiger partial charge >= 0.3 is 6.09 Å². The summed E-state index contributed by atoms with van der Waals surface area (Å²) in [5.41, 5.74) is -0.454. The third-order valence-corrected chi connectivity index (χ3v) is 2.88. The zero-order valence-electron chi connectivity index (χ0n) is 13.4. The fraction of sp³-hybridized carbons (Fsp3) is 0.929. The van der Waals surface area contributed by atoms with Crippen LogP contribution in [0, 0.1) is 0 Å². The minimum Gasteiger partial charge on any atom is -0.444 e. The van der Waals surface area contributed by atoms with Crippen LogP contribution in [-0.4, -0.2) is 43.5 Å². The van der Waals surface area contributed by atoms with Gasteiger partial charge < -0.3 is 20.1 Å². The molecule has 0 spiro atoms. The van der Waals surface area contributed by atoms with E-state index < -0.39 is 5.60 Å². The zero-order chi connectivity index (χ0) is 15.1. The summed E-state index contributed by atoms with van der Waals surface area (Å²) in [4.78, 5) is 11.5. The molecule has 114 valence electrons. The maximum absolute atomic E-state index is 11.5. The van der Waals surface area contributed by atoms with E-state index in [-0.39, 0.29) is 18.2 Å². The van der Waals surface area contributed by atoms with Crippen LogP contribution in [0.5, 0.6) is 0 Å². The molecule has 5 heteroatoms. The number of carbonyl (C=O) groups is 1. The molecule has 0 radical (unpaired) electrons. The summed E-state index contributed by atoms with van der Waals surface area (Å²) >= 11 is 0. The lowest BCUT2D eigenvalue weighted by Crippen LogP contribution is -2.41. The minimum absolute atomic E-state index is 0.0763. The van der Waals surface area contributed by atoms with Crippen LogP contribution in [0.1, 0.15) is 48.0 Å². The molecule has 0 aromatic carbocycles. The lowest BCUT2D eigenvalue weighted by atomic mass is 10.2. The third-order valence-electron chi connectivity index (χ3n) is 2.88. The lowest BCUT2D eigenvalue weighted by molar-refractivity contribution is 0.0505. The van der Waals surface area contributed by atoms with Crippen LogP contribution in [-0.2, 0) is 9.47 Å². The number of amides is 1. The standard InChI is InChI=1S/C14H30N2O3/c1-10(16-13(17)19-14(4,5)6)8-9-15-11(2)12(3)18-7/h10-12,15H,8-9H2,1-7H3,(H,16,17). The highest BCUT2D eigenvalue weighted by Crippen LogP contribution is 2.07. The normalized spacial score (nSPS) is 16.6. The molecule has 2 N–H and O–H groups in total. The molecule has 0 aliphatic heterocycles. The molecule has 0 heterocycles. The van der Waals surface area contributed by atoms with Crippen molar-refractivity contribution in [3.63, 3.8) is 0 Å². The first kappa shape index (κ1) is 18.2. The van der Waals surface area contributed by atoms with Crippen LogP contribution in [0.25, 0.3) is 0 Å². The van der Waals surface area contributed by atoms with Gasteiger partial charge in [-0.3, -0.25) is 0 Å². The summed E-state index contributed by atoms with van der Waals surface area (Å²) in [5.74, 6) is 0. The molecule has 0 rings (SSSR count). The number of ether oxygens (including phenoxy) is 2. The number of rotatable bonds is 7. The van der Waals surface area contributed by atoms with Gasteiger partial charge in [0.15, 0.2) is 0 Å². The van der Waals surface area contributed by atoms with E-state index in [1.807, 2.05) is 34.6 Å². The van der Waals surface area contributed by atoms with Gasteiger partial charge in [0.05, 0.1) is 6.10 Å². The molecule has 0 aliphatic carbocycles. The van der Waals surface area contributed by atoms with Crippen molar-refractivity contribution < 1.29 is 14.3 Å². The van der Waals surface area contributed by atoms with Crippen molar-refractivity contribution in [2.45, 2.75) is 71.8 Å². The Bertz CT molecular complexity index is 264. The molecular formula is C14H30N2O3. The van der Waals surface area contributed by atoms with Crippen molar-refractivity contribution in [3.8, 4) is 0 Å². The molecule has 3 unspecified atom stereocenters. The number of nitrogens with one attached hydrogen (secondary N) is 2. The average molecular weight is 274 g/mol. The monoisotopic (exact) mass is 274 g/mol. The van der Waals surface area contributed by atoms with Crippen LogP contribution in [0.3, 0.4) is 0 Å². The van der Waals surface area contributed by atoms with E-state index in [1.165, 1.54) is 0 Å². The van der Waals surface area contributed by atoms with Crippen LogP contribution in [0.4, 0.5) is 4.79 Å². The predicted octanol–water partition coefficient (Wildman–Crippen LogP) is 2.30. The summed E-state index contributed by atoms with van der Waals surface area (Å²) in [6.07, 6.45) is 0.660. The number of hydrogen-bond donors (Lipinski definition) is 2. The summed E-state index contributed by atoms with van der Waals surface area (Å²) < 4.78 is 10.4. The Morgan fingerprint density at radius 1 is 1.21 bits per heavy atom. The first-order valence-electron chi connectivity index (χ1n) is 6.91. The largest absolute Gasteiger partial charge is 0.444 e. The molecule has 0 aromatic rings. The van der Waals surface area contributed by atoms with E-state index in [9.17, 15) is 4.79 Å². The highest BCUT2D eigenvalue weighted by atomic mass is 16.6. The molecule has 0 saturated carbocycles. The summed E-state index contributed by atoms with van der Waals surface area (Å²) in [5, 5.41) is 6.19. The van der Waals surface area contributed by atoms with Gasteiger partial charge in [0.2, 0.25) is 0 Å². The molecule has 19 heavy (non-hydrogen) atoms. The smallest absolute Gasteiger partial charge is 0.407 e. The first-order valence-corrected chi connectivity index (χ1v) is 6.91. The van der Waals surface area contributed by atoms with Gasteiger partial charge in [0, 0.05) is 19.2 Å². The van der Waals surface area contributed by atoms with Crippen LogP contribution in [0.2, 0.25) is 0 Å². The van der Waals surface area contributed by atoms with E-state index in [1.54, 1.807) is 7.11 Å². The van der Waals surface area contributed by atoms with Crippen molar-refractivity contribution in [2.24, 2.45) is 0 Å². The van der Waals surface area contributed by atoms with Crippen LogP contribution in [0.15, 0.2) is 0 Å². The quantitative estimate of drug-likeness (QED) is 0.748. The second-order valence-corrected chi connectivity index (χ2v) is 6.02. The Hall–Kier alpha value is -0.810. The van der Waals surface area contributed by atoms with Crippen molar-refractivity contribution in [3.05, 3.63) is 0 Å². The molecule has 0 aromatic heterocycles. The molecule has 0 saturated heterocycles. The number of carbonyl (C=O) groups excluding carboxylic acids is 1. The average Bonchev–Trinajstić information content (AvgIpc) is 2.24. The molecule has 0 aliphatic rings. The topological polar surface area (TPSA) is 59.6 Å². The van der Waals surface area contributed by atoms with Crippen LogP contribution < -0.4 is 10.6 Å². The van der Waals surface area contributed by atoms with Gasteiger partial charge in [-0.1, -0.05) is 0 Å². The Balaban J connectivity index is 3.81. The van der Waals surface area contributed by atoms with Crippen molar-refractivity contribution in [1.82, 2.24) is 10.6 Å². The summed E-state index contributed by atoms with van der Waals surface area (Å²) in [6, 6.07) is 0.367. The molecule has 0 fully saturated rings. The van der Waals surface area contributed by atoms with Gasteiger partial charge in [0.1, 0.15) is 5.60 Å². The van der Waals surface area contributed by atoms with Crippen molar-refractivity contribution >= 4 is 6.09 Å². The van der Waals surface area contributed by atoms with Gasteiger partial charge in [-0.25, -0.2) is 4.79 Å². The van der Waals surface area contributed by atoms with Crippen molar-refractivity contribution in [1.29, 1.82) is 0 Å². The molecule has 5 nitrogen and oxygen atoms in total.